The van der Waals surface area contributed by atoms with Crippen molar-refractivity contribution >= 4 is 22.4 Å². The molecule has 0 aliphatic heterocycles. The molecule has 0 fully saturated rings. The number of para-hydroxylation sites is 2. The van der Waals surface area contributed by atoms with Crippen LogP contribution in [0.1, 0.15) is 0 Å². The molecular weight excluding hydrogens is 276 g/mol. The molecule has 0 unspecified atom stereocenters. The Morgan fingerprint density at radius 1 is 0.905 bits per heavy atom. The first-order valence-corrected chi connectivity index (χ1v) is 7.82. The predicted octanol–water partition coefficient (Wildman–Crippen LogP) is 4.97. The van der Waals surface area contributed by atoms with Gasteiger partial charge in [-0.25, -0.2) is 4.98 Å². The fourth-order valence-corrected chi connectivity index (χ4v) is 3.39. The molecule has 0 radical (unpaired) electrons. The third-order valence-electron chi connectivity index (χ3n) is 3.79. The second-order valence-electron chi connectivity index (χ2n) is 5.04. The summed E-state index contributed by atoms with van der Waals surface area (Å²) in [5.41, 5.74) is 5.86. The van der Waals surface area contributed by atoms with E-state index in [9.17, 15) is 0 Å². The lowest BCUT2D eigenvalue weighted by Gasteiger charge is -2.08. The van der Waals surface area contributed by atoms with Crippen molar-refractivity contribution in [1.29, 1.82) is 0 Å². The van der Waals surface area contributed by atoms with Crippen molar-refractivity contribution in [2.24, 2.45) is 7.05 Å². The molecule has 0 aliphatic carbocycles. The highest BCUT2D eigenvalue weighted by Crippen LogP contribution is 2.33. The minimum atomic E-state index is 1.01. The van der Waals surface area contributed by atoms with Crippen LogP contribution < -0.4 is 0 Å². The summed E-state index contributed by atoms with van der Waals surface area (Å²) >= 11 is 1.72. The van der Waals surface area contributed by atoms with Gasteiger partial charge in [-0.2, -0.15) is 11.3 Å². The first-order chi connectivity index (χ1) is 10.3. The van der Waals surface area contributed by atoms with E-state index in [4.69, 9.17) is 4.98 Å². The van der Waals surface area contributed by atoms with Crippen LogP contribution in [0.5, 0.6) is 0 Å². The van der Waals surface area contributed by atoms with E-state index >= 15 is 0 Å². The van der Waals surface area contributed by atoms with Gasteiger partial charge in [0, 0.05) is 12.6 Å². The Balaban J connectivity index is 2.00. The molecular formula is C18H14N2S. The van der Waals surface area contributed by atoms with Crippen molar-refractivity contribution in [1.82, 2.24) is 9.55 Å². The van der Waals surface area contributed by atoms with Gasteiger partial charge < -0.3 is 4.57 Å². The number of nitrogens with zero attached hydrogens (tertiary/aromatic N) is 2. The van der Waals surface area contributed by atoms with Gasteiger partial charge >= 0.3 is 0 Å². The van der Waals surface area contributed by atoms with E-state index in [0.717, 1.165) is 16.9 Å². The molecule has 0 spiro atoms. The molecule has 2 nitrogen and oxygen atoms in total. The Morgan fingerprint density at radius 3 is 2.43 bits per heavy atom. The number of imidazole rings is 1. The van der Waals surface area contributed by atoms with Crippen LogP contribution in [-0.2, 0) is 7.05 Å². The minimum Gasteiger partial charge on any atom is -0.327 e. The molecule has 2 aromatic heterocycles. The molecule has 2 heterocycles. The third-order valence-corrected chi connectivity index (χ3v) is 4.47. The van der Waals surface area contributed by atoms with Crippen molar-refractivity contribution in [3.05, 3.63) is 65.4 Å². The number of hydrogen-bond acceptors (Lipinski definition) is 2. The fourth-order valence-electron chi connectivity index (χ4n) is 2.73. The second kappa shape index (κ2) is 4.86. The maximum Gasteiger partial charge on any atom is 0.141 e. The van der Waals surface area contributed by atoms with Crippen molar-refractivity contribution in [3.8, 4) is 22.5 Å². The van der Waals surface area contributed by atoms with Gasteiger partial charge in [0.1, 0.15) is 5.82 Å². The Labute approximate surface area is 127 Å². The number of aryl methyl sites for hydroxylation is 1. The second-order valence-corrected chi connectivity index (χ2v) is 5.82. The summed E-state index contributed by atoms with van der Waals surface area (Å²) in [6, 6.07) is 18.9. The summed E-state index contributed by atoms with van der Waals surface area (Å²) in [5, 5.41) is 4.29. The van der Waals surface area contributed by atoms with E-state index in [1.807, 2.05) is 6.07 Å². The van der Waals surface area contributed by atoms with Crippen LogP contribution in [0.4, 0.5) is 0 Å². The van der Waals surface area contributed by atoms with Crippen molar-refractivity contribution in [2.75, 3.05) is 0 Å². The largest absolute Gasteiger partial charge is 0.327 e. The van der Waals surface area contributed by atoms with Gasteiger partial charge in [0.05, 0.1) is 11.0 Å². The average Bonchev–Trinajstić information content (AvgIpc) is 3.16. The number of hydrogen-bond donors (Lipinski definition) is 0. The molecule has 0 aliphatic rings. The van der Waals surface area contributed by atoms with Gasteiger partial charge in [0.2, 0.25) is 0 Å². The molecule has 0 saturated heterocycles. The van der Waals surface area contributed by atoms with Crippen LogP contribution in [0.15, 0.2) is 65.4 Å². The van der Waals surface area contributed by atoms with Gasteiger partial charge in [-0.3, -0.25) is 0 Å². The Hall–Kier alpha value is -2.39. The van der Waals surface area contributed by atoms with Gasteiger partial charge in [0.15, 0.2) is 0 Å². The molecule has 0 N–H and O–H groups in total. The SMILES string of the molecule is Cn1c(-c2ccccc2-c2ccsc2)nc2ccccc21. The number of thiophene rings is 1. The van der Waals surface area contributed by atoms with Crippen LogP contribution in [0.2, 0.25) is 0 Å². The zero-order valence-electron chi connectivity index (χ0n) is 11.7. The van der Waals surface area contributed by atoms with E-state index in [1.54, 1.807) is 11.3 Å². The smallest absolute Gasteiger partial charge is 0.141 e. The first-order valence-electron chi connectivity index (χ1n) is 6.88. The lowest BCUT2D eigenvalue weighted by molar-refractivity contribution is 0.960. The molecule has 0 atom stereocenters. The molecule has 102 valence electrons. The van der Waals surface area contributed by atoms with Gasteiger partial charge in [-0.15, -0.1) is 0 Å². The Morgan fingerprint density at radius 2 is 1.67 bits per heavy atom. The van der Waals surface area contributed by atoms with E-state index in [0.29, 0.717) is 0 Å². The zero-order valence-corrected chi connectivity index (χ0v) is 12.5. The molecule has 0 saturated carbocycles. The maximum absolute atomic E-state index is 4.82. The Bertz CT molecular complexity index is 904. The maximum atomic E-state index is 4.82. The highest BCUT2D eigenvalue weighted by molar-refractivity contribution is 7.08. The van der Waals surface area contributed by atoms with Gasteiger partial charge in [-0.1, -0.05) is 36.4 Å². The fraction of sp³-hybridized carbons (Fsp3) is 0.0556. The normalized spacial score (nSPS) is 11.1. The van der Waals surface area contributed by atoms with E-state index in [-0.39, 0.29) is 0 Å². The number of benzene rings is 2. The summed E-state index contributed by atoms with van der Waals surface area (Å²) in [5.74, 6) is 1.01. The molecule has 0 amide bonds. The number of aromatic nitrogens is 2. The monoisotopic (exact) mass is 290 g/mol. The topological polar surface area (TPSA) is 17.8 Å². The van der Waals surface area contributed by atoms with Crippen LogP contribution in [-0.4, -0.2) is 9.55 Å². The third kappa shape index (κ3) is 1.98. The molecule has 4 aromatic rings. The van der Waals surface area contributed by atoms with Gasteiger partial charge in [-0.05, 0) is 40.1 Å². The average molecular weight is 290 g/mol. The summed E-state index contributed by atoms with van der Waals surface area (Å²) in [7, 11) is 2.08. The predicted molar refractivity (Wildman–Crippen MR) is 89.5 cm³/mol. The standard InChI is InChI=1S/C18H14N2S/c1-20-17-9-5-4-8-16(17)19-18(20)15-7-3-2-6-14(15)13-10-11-21-12-13/h2-12H,1H3. The van der Waals surface area contributed by atoms with E-state index in [2.05, 4.69) is 70.9 Å². The molecule has 4 rings (SSSR count). The molecule has 0 bridgehead atoms. The summed E-state index contributed by atoms with van der Waals surface area (Å²) in [6.45, 7) is 0. The van der Waals surface area contributed by atoms with Crippen LogP contribution >= 0.6 is 11.3 Å². The molecule has 21 heavy (non-hydrogen) atoms. The van der Waals surface area contributed by atoms with Crippen LogP contribution in [0, 0.1) is 0 Å². The highest BCUT2D eigenvalue weighted by Gasteiger charge is 2.13. The van der Waals surface area contributed by atoms with Crippen LogP contribution in [0.25, 0.3) is 33.5 Å². The lowest BCUT2D eigenvalue weighted by atomic mass is 10.0. The van der Waals surface area contributed by atoms with Gasteiger partial charge in [0.25, 0.3) is 0 Å². The quantitative estimate of drug-likeness (QED) is 0.509. The Kier molecular flexibility index (Phi) is 2.86. The van der Waals surface area contributed by atoms with E-state index < -0.39 is 0 Å². The van der Waals surface area contributed by atoms with Crippen LogP contribution in [0.3, 0.4) is 0 Å². The first kappa shape index (κ1) is 12.4. The summed E-state index contributed by atoms with van der Waals surface area (Å²) < 4.78 is 2.17. The number of rotatable bonds is 2. The van der Waals surface area contributed by atoms with E-state index in [1.165, 1.54) is 16.7 Å². The molecule has 3 heteroatoms. The van der Waals surface area contributed by atoms with Crippen molar-refractivity contribution in [3.63, 3.8) is 0 Å². The van der Waals surface area contributed by atoms with Crippen molar-refractivity contribution in [2.45, 2.75) is 0 Å². The molecule has 2 aromatic carbocycles. The zero-order chi connectivity index (χ0) is 14.2. The summed E-state index contributed by atoms with van der Waals surface area (Å²) in [4.78, 5) is 4.82. The van der Waals surface area contributed by atoms with Crippen molar-refractivity contribution < 1.29 is 0 Å². The summed E-state index contributed by atoms with van der Waals surface area (Å²) in [6.07, 6.45) is 0. The lowest BCUT2D eigenvalue weighted by Crippen LogP contribution is -1.94. The number of fused-ring (bicyclic) bond motifs is 1. The highest BCUT2D eigenvalue weighted by atomic mass is 32.1. The minimum absolute atomic E-state index is 1.01.